The zero-order chi connectivity index (χ0) is 15.1. The van der Waals surface area contributed by atoms with E-state index in [0.717, 1.165) is 37.5 Å². The molecule has 6 nitrogen and oxygen atoms in total. The van der Waals surface area contributed by atoms with E-state index in [1.165, 1.54) is 19.3 Å². The Hall–Kier alpha value is -1.56. The minimum Gasteiger partial charge on any atom is -0.381 e. The van der Waals surface area contributed by atoms with E-state index in [-0.39, 0.29) is 0 Å². The van der Waals surface area contributed by atoms with Gasteiger partial charge in [0.1, 0.15) is 5.82 Å². The van der Waals surface area contributed by atoms with Crippen molar-refractivity contribution in [2.75, 3.05) is 33.9 Å². The Morgan fingerprint density at radius 3 is 2.90 bits per heavy atom. The van der Waals surface area contributed by atoms with Gasteiger partial charge in [0, 0.05) is 53.3 Å². The minimum absolute atomic E-state index is 0.692. The molecule has 118 valence electrons. The lowest BCUT2D eigenvalue weighted by Crippen LogP contribution is -2.40. The van der Waals surface area contributed by atoms with Crippen LogP contribution in [0.4, 0.5) is 0 Å². The van der Waals surface area contributed by atoms with Crippen LogP contribution in [0, 0.1) is 5.92 Å². The molecule has 1 N–H and O–H groups in total. The number of guanidine groups is 1. The van der Waals surface area contributed by atoms with Crippen LogP contribution in [-0.4, -0.2) is 54.3 Å². The summed E-state index contributed by atoms with van der Waals surface area (Å²) in [7, 11) is 5.92. The number of hydrogen-bond acceptors (Lipinski definition) is 3. The van der Waals surface area contributed by atoms with Crippen molar-refractivity contribution in [3.05, 3.63) is 18.2 Å². The molecule has 1 fully saturated rings. The standard InChI is InChI=1S/C15H27N5O/c1-16-15(18-12-14-17-7-9-19(14)2)20(3)8-4-13-5-10-21-11-6-13/h7,9,13H,4-6,8,10-12H2,1-3H3,(H,16,18). The molecule has 0 aliphatic carbocycles. The van der Waals surface area contributed by atoms with Gasteiger partial charge in [-0.05, 0) is 25.2 Å². The van der Waals surface area contributed by atoms with Gasteiger partial charge < -0.3 is 19.5 Å². The van der Waals surface area contributed by atoms with Crippen LogP contribution in [0.1, 0.15) is 25.1 Å². The maximum absolute atomic E-state index is 5.41. The quantitative estimate of drug-likeness (QED) is 0.655. The summed E-state index contributed by atoms with van der Waals surface area (Å²) in [4.78, 5) is 10.9. The van der Waals surface area contributed by atoms with E-state index in [9.17, 15) is 0 Å². The lowest BCUT2D eigenvalue weighted by molar-refractivity contribution is 0.0625. The number of nitrogens with zero attached hydrogens (tertiary/aromatic N) is 4. The maximum atomic E-state index is 5.41. The first-order valence-electron chi connectivity index (χ1n) is 7.66. The topological polar surface area (TPSA) is 54.7 Å². The number of ether oxygens (including phenoxy) is 1. The number of imidazole rings is 1. The molecule has 2 heterocycles. The van der Waals surface area contributed by atoms with Gasteiger partial charge in [-0.25, -0.2) is 4.98 Å². The molecule has 1 aromatic heterocycles. The van der Waals surface area contributed by atoms with E-state index in [0.29, 0.717) is 6.54 Å². The van der Waals surface area contributed by atoms with E-state index >= 15 is 0 Å². The first-order valence-corrected chi connectivity index (χ1v) is 7.66. The monoisotopic (exact) mass is 293 g/mol. The van der Waals surface area contributed by atoms with Crippen molar-refractivity contribution in [3.63, 3.8) is 0 Å². The summed E-state index contributed by atoms with van der Waals surface area (Å²) in [5.41, 5.74) is 0. The molecular weight excluding hydrogens is 266 g/mol. The van der Waals surface area contributed by atoms with Crippen LogP contribution in [-0.2, 0) is 18.3 Å². The number of aromatic nitrogens is 2. The van der Waals surface area contributed by atoms with Crippen LogP contribution in [0.25, 0.3) is 0 Å². The van der Waals surface area contributed by atoms with Crippen molar-refractivity contribution in [1.82, 2.24) is 19.8 Å². The molecule has 1 aliphatic heterocycles. The SMILES string of the molecule is CN=C(NCc1nccn1C)N(C)CCC1CCOCC1. The molecule has 0 amide bonds. The van der Waals surface area contributed by atoms with Gasteiger partial charge in [0.05, 0.1) is 6.54 Å². The molecule has 0 spiro atoms. The number of aryl methyl sites for hydroxylation is 1. The van der Waals surface area contributed by atoms with E-state index < -0.39 is 0 Å². The average Bonchev–Trinajstić information content (AvgIpc) is 2.92. The summed E-state index contributed by atoms with van der Waals surface area (Å²) in [5.74, 6) is 2.72. The second-order valence-electron chi connectivity index (χ2n) is 5.62. The van der Waals surface area contributed by atoms with Crippen molar-refractivity contribution in [3.8, 4) is 0 Å². The van der Waals surface area contributed by atoms with Gasteiger partial charge in [0.15, 0.2) is 5.96 Å². The summed E-state index contributed by atoms with van der Waals surface area (Å²) in [6.45, 7) is 3.55. The summed E-state index contributed by atoms with van der Waals surface area (Å²) >= 11 is 0. The largest absolute Gasteiger partial charge is 0.381 e. The highest BCUT2D eigenvalue weighted by Gasteiger charge is 2.15. The van der Waals surface area contributed by atoms with Crippen molar-refractivity contribution in [1.29, 1.82) is 0 Å². The van der Waals surface area contributed by atoms with E-state index in [1.54, 1.807) is 0 Å². The summed E-state index contributed by atoms with van der Waals surface area (Å²) < 4.78 is 7.42. The smallest absolute Gasteiger partial charge is 0.193 e. The third-order valence-corrected chi connectivity index (χ3v) is 4.11. The minimum atomic E-state index is 0.692. The predicted octanol–water partition coefficient (Wildman–Crippen LogP) is 1.24. The van der Waals surface area contributed by atoms with Gasteiger partial charge in [-0.1, -0.05) is 0 Å². The third kappa shape index (κ3) is 4.74. The first-order chi connectivity index (χ1) is 10.2. The third-order valence-electron chi connectivity index (χ3n) is 4.11. The van der Waals surface area contributed by atoms with Crippen LogP contribution in [0.15, 0.2) is 17.4 Å². The maximum Gasteiger partial charge on any atom is 0.193 e. The van der Waals surface area contributed by atoms with Crippen molar-refractivity contribution in [2.45, 2.75) is 25.8 Å². The highest BCUT2D eigenvalue weighted by Crippen LogP contribution is 2.18. The van der Waals surface area contributed by atoms with Crippen molar-refractivity contribution in [2.24, 2.45) is 18.0 Å². The molecule has 0 atom stereocenters. The molecule has 1 saturated heterocycles. The molecule has 2 rings (SSSR count). The fraction of sp³-hybridized carbons (Fsp3) is 0.733. The molecular formula is C15H27N5O. The summed E-state index contributed by atoms with van der Waals surface area (Å²) in [5, 5.41) is 3.37. The summed E-state index contributed by atoms with van der Waals surface area (Å²) in [6.07, 6.45) is 7.34. The number of aliphatic imine (C=N–C) groups is 1. The molecule has 0 saturated carbocycles. The normalized spacial score (nSPS) is 17.0. The number of rotatable bonds is 5. The van der Waals surface area contributed by atoms with Crippen LogP contribution >= 0.6 is 0 Å². The molecule has 6 heteroatoms. The van der Waals surface area contributed by atoms with Gasteiger partial charge in [-0.15, -0.1) is 0 Å². The molecule has 0 radical (unpaired) electrons. The number of nitrogens with one attached hydrogen (secondary N) is 1. The van der Waals surface area contributed by atoms with Gasteiger partial charge in [-0.3, -0.25) is 4.99 Å². The molecule has 1 aliphatic rings. The zero-order valence-corrected chi connectivity index (χ0v) is 13.4. The molecule has 0 unspecified atom stereocenters. The van der Waals surface area contributed by atoms with E-state index in [2.05, 4.69) is 27.2 Å². The summed E-state index contributed by atoms with van der Waals surface area (Å²) in [6, 6.07) is 0. The number of hydrogen-bond donors (Lipinski definition) is 1. The fourth-order valence-corrected chi connectivity index (χ4v) is 2.63. The Morgan fingerprint density at radius 2 is 2.29 bits per heavy atom. The Morgan fingerprint density at radius 1 is 1.52 bits per heavy atom. The van der Waals surface area contributed by atoms with E-state index in [4.69, 9.17) is 4.74 Å². The van der Waals surface area contributed by atoms with Gasteiger partial charge in [-0.2, -0.15) is 0 Å². The van der Waals surface area contributed by atoms with Crippen LogP contribution < -0.4 is 5.32 Å². The lowest BCUT2D eigenvalue weighted by Gasteiger charge is -2.26. The van der Waals surface area contributed by atoms with Crippen LogP contribution in [0.2, 0.25) is 0 Å². The highest BCUT2D eigenvalue weighted by atomic mass is 16.5. The Balaban J connectivity index is 1.75. The van der Waals surface area contributed by atoms with Crippen LogP contribution in [0.3, 0.4) is 0 Å². The zero-order valence-electron chi connectivity index (χ0n) is 13.4. The second kappa shape index (κ2) is 8.02. The Bertz CT molecular complexity index is 451. The van der Waals surface area contributed by atoms with Gasteiger partial charge in [0.25, 0.3) is 0 Å². The molecule has 0 bridgehead atoms. The Labute approximate surface area is 127 Å². The molecule has 1 aromatic rings. The molecule has 0 aromatic carbocycles. The van der Waals surface area contributed by atoms with Crippen molar-refractivity contribution < 1.29 is 4.74 Å². The van der Waals surface area contributed by atoms with E-state index in [1.807, 2.05) is 31.1 Å². The predicted molar refractivity (Wildman–Crippen MR) is 84.2 cm³/mol. The highest BCUT2D eigenvalue weighted by molar-refractivity contribution is 5.79. The first kappa shape index (κ1) is 15.8. The van der Waals surface area contributed by atoms with Crippen molar-refractivity contribution >= 4 is 5.96 Å². The van der Waals surface area contributed by atoms with Crippen LogP contribution in [0.5, 0.6) is 0 Å². The second-order valence-corrected chi connectivity index (χ2v) is 5.62. The van der Waals surface area contributed by atoms with Gasteiger partial charge in [0.2, 0.25) is 0 Å². The van der Waals surface area contributed by atoms with Gasteiger partial charge >= 0.3 is 0 Å². The molecule has 21 heavy (non-hydrogen) atoms. The fourth-order valence-electron chi connectivity index (χ4n) is 2.63. The Kier molecular flexibility index (Phi) is 6.04. The average molecular weight is 293 g/mol. The lowest BCUT2D eigenvalue weighted by atomic mass is 9.96.